The van der Waals surface area contributed by atoms with Crippen LogP contribution in [0.25, 0.3) is 0 Å². The molecular weight excluding hydrogens is 368 g/mol. The predicted molar refractivity (Wildman–Crippen MR) is 115 cm³/mol. The van der Waals surface area contributed by atoms with E-state index in [1.165, 1.54) is 16.6 Å². The molecule has 0 aliphatic carbocycles. The van der Waals surface area contributed by atoms with Crippen molar-refractivity contribution in [3.63, 3.8) is 0 Å². The molecule has 0 saturated carbocycles. The van der Waals surface area contributed by atoms with E-state index in [0.29, 0.717) is 18.6 Å². The Kier molecular flexibility index (Phi) is 5.81. The maximum absolute atomic E-state index is 12.0. The number of H-pyrrole nitrogens is 2. The molecule has 0 amide bonds. The molecule has 0 radical (unpaired) electrons. The lowest BCUT2D eigenvalue weighted by Gasteiger charge is -2.43. The largest absolute Gasteiger partial charge is 0.407 e. The quantitative estimate of drug-likeness (QED) is 0.629. The topological polar surface area (TPSA) is 75.0 Å². The van der Waals surface area contributed by atoms with Gasteiger partial charge in [0.25, 0.3) is 13.9 Å². The average molecular weight is 395 g/mol. The van der Waals surface area contributed by atoms with Crippen LogP contribution in [0.2, 0.25) is 5.04 Å². The summed E-state index contributed by atoms with van der Waals surface area (Å²) in [5, 5.41) is 2.28. The minimum atomic E-state index is -2.62. The highest BCUT2D eigenvalue weighted by Gasteiger charge is 2.49. The van der Waals surface area contributed by atoms with Gasteiger partial charge in [-0.2, -0.15) is 0 Å². The first kappa shape index (κ1) is 20.0. The minimum Gasteiger partial charge on any atom is -0.407 e. The van der Waals surface area contributed by atoms with Crippen molar-refractivity contribution in [1.29, 1.82) is 0 Å². The van der Waals surface area contributed by atoms with Crippen molar-refractivity contribution in [3.8, 4) is 0 Å². The number of benzene rings is 2. The minimum absolute atomic E-state index is 0.118. The van der Waals surface area contributed by atoms with Gasteiger partial charge in [0.05, 0.1) is 0 Å². The second-order valence-electron chi connectivity index (χ2n) is 7.86. The van der Waals surface area contributed by atoms with Crippen LogP contribution in [0.1, 0.15) is 26.3 Å². The summed E-state index contributed by atoms with van der Waals surface area (Å²) in [7, 11) is -2.62. The number of nitrogens with one attached hydrogen (secondary N) is 2. The molecular formula is C22H26N2O3Si. The molecule has 0 spiro atoms. The van der Waals surface area contributed by atoms with Gasteiger partial charge in [-0.05, 0) is 15.4 Å². The van der Waals surface area contributed by atoms with Gasteiger partial charge in [0.2, 0.25) is 0 Å². The van der Waals surface area contributed by atoms with Crippen LogP contribution in [0.3, 0.4) is 0 Å². The van der Waals surface area contributed by atoms with E-state index in [1.54, 1.807) is 0 Å². The fourth-order valence-corrected chi connectivity index (χ4v) is 8.26. The zero-order valence-electron chi connectivity index (χ0n) is 16.5. The molecule has 3 rings (SSSR count). The highest BCUT2D eigenvalue weighted by Crippen LogP contribution is 2.36. The second-order valence-corrected chi connectivity index (χ2v) is 12.2. The molecule has 0 aliphatic heterocycles. The van der Waals surface area contributed by atoms with Gasteiger partial charge in [-0.3, -0.25) is 9.78 Å². The molecule has 0 aliphatic rings. The molecule has 5 nitrogen and oxygen atoms in total. The SMILES string of the molecule is CC(C)(C)[Si](OCCc1c[nH]c(=O)[nH]c1=O)(c1ccccc1)c1ccccc1. The summed E-state index contributed by atoms with van der Waals surface area (Å²) < 4.78 is 6.75. The fourth-order valence-electron chi connectivity index (χ4n) is 3.70. The van der Waals surface area contributed by atoms with Crippen molar-refractivity contribution in [3.05, 3.63) is 93.3 Å². The molecule has 6 heteroatoms. The van der Waals surface area contributed by atoms with Gasteiger partial charge < -0.3 is 9.41 Å². The van der Waals surface area contributed by atoms with E-state index in [0.717, 1.165) is 0 Å². The third kappa shape index (κ3) is 3.93. The van der Waals surface area contributed by atoms with Crippen LogP contribution in [0, 0.1) is 0 Å². The Hall–Kier alpha value is -2.70. The van der Waals surface area contributed by atoms with Crippen molar-refractivity contribution in [2.75, 3.05) is 6.61 Å². The predicted octanol–water partition coefficient (Wildman–Crippen LogP) is 2.18. The van der Waals surface area contributed by atoms with Crippen molar-refractivity contribution < 1.29 is 4.43 Å². The van der Waals surface area contributed by atoms with Crippen LogP contribution >= 0.6 is 0 Å². The summed E-state index contributed by atoms with van der Waals surface area (Å²) in [6.45, 7) is 7.03. The molecule has 3 aromatic rings. The Morgan fingerprint density at radius 1 is 0.893 bits per heavy atom. The number of hydrogen-bond acceptors (Lipinski definition) is 3. The van der Waals surface area contributed by atoms with E-state index < -0.39 is 14.0 Å². The van der Waals surface area contributed by atoms with Crippen molar-refractivity contribution in [1.82, 2.24) is 9.97 Å². The van der Waals surface area contributed by atoms with Gasteiger partial charge in [0, 0.05) is 24.8 Å². The first-order valence-corrected chi connectivity index (χ1v) is 11.3. The maximum atomic E-state index is 12.0. The van der Waals surface area contributed by atoms with Gasteiger partial charge in [0.15, 0.2) is 0 Å². The summed E-state index contributed by atoms with van der Waals surface area (Å²) in [4.78, 5) is 28.0. The molecule has 2 N–H and O–H groups in total. The van der Waals surface area contributed by atoms with Gasteiger partial charge in [-0.25, -0.2) is 4.79 Å². The lowest BCUT2D eigenvalue weighted by atomic mass is 10.2. The van der Waals surface area contributed by atoms with E-state index in [4.69, 9.17) is 4.43 Å². The lowest BCUT2D eigenvalue weighted by Crippen LogP contribution is -2.66. The van der Waals surface area contributed by atoms with Crippen molar-refractivity contribution in [2.24, 2.45) is 0 Å². The smallest absolute Gasteiger partial charge is 0.325 e. The monoisotopic (exact) mass is 394 g/mol. The molecule has 0 atom stereocenters. The number of rotatable bonds is 6. The third-order valence-electron chi connectivity index (χ3n) is 5.00. The number of aromatic nitrogens is 2. The molecule has 0 fully saturated rings. The number of aromatic amines is 2. The van der Waals surface area contributed by atoms with Crippen LogP contribution in [0.5, 0.6) is 0 Å². The normalized spacial score (nSPS) is 12.1. The third-order valence-corrected chi connectivity index (χ3v) is 10.0. The van der Waals surface area contributed by atoms with Crippen molar-refractivity contribution >= 4 is 18.7 Å². The first-order valence-electron chi connectivity index (χ1n) is 9.40. The zero-order valence-corrected chi connectivity index (χ0v) is 17.5. The number of hydrogen-bond donors (Lipinski definition) is 2. The van der Waals surface area contributed by atoms with E-state index >= 15 is 0 Å². The lowest BCUT2D eigenvalue weighted by molar-refractivity contribution is 0.301. The van der Waals surface area contributed by atoms with Crippen LogP contribution in [0.4, 0.5) is 0 Å². The molecule has 28 heavy (non-hydrogen) atoms. The van der Waals surface area contributed by atoms with E-state index in [2.05, 4.69) is 55.0 Å². The standard InChI is InChI=1S/C22H26N2O3Si/c1-22(2,3)28(18-10-6-4-7-11-18,19-12-8-5-9-13-19)27-15-14-17-16-23-21(26)24-20(17)25/h4-13,16H,14-15H2,1-3H3,(H2,23,24,25,26). The maximum Gasteiger partial charge on any atom is 0.325 e. The van der Waals surface area contributed by atoms with E-state index in [9.17, 15) is 9.59 Å². The Labute approximate surface area is 165 Å². The summed E-state index contributed by atoms with van der Waals surface area (Å²) in [6, 6.07) is 20.7. The van der Waals surface area contributed by atoms with E-state index in [1.807, 2.05) is 36.4 Å². The Morgan fingerprint density at radius 3 is 1.89 bits per heavy atom. The molecule has 146 valence electrons. The summed E-state index contributed by atoms with van der Waals surface area (Å²) >= 11 is 0. The molecule has 1 heterocycles. The van der Waals surface area contributed by atoms with Gasteiger partial charge in [-0.15, -0.1) is 0 Å². The molecule has 1 aromatic heterocycles. The molecule has 0 saturated heterocycles. The van der Waals surface area contributed by atoms with Crippen molar-refractivity contribution in [2.45, 2.75) is 32.2 Å². The zero-order chi connectivity index (χ0) is 20.2. The van der Waals surface area contributed by atoms with Crippen LogP contribution in [0.15, 0.2) is 76.4 Å². The molecule has 0 bridgehead atoms. The fraction of sp³-hybridized carbons (Fsp3) is 0.273. The van der Waals surface area contributed by atoms with E-state index in [-0.39, 0.29) is 10.6 Å². The molecule has 0 unspecified atom stereocenters. The average Bonchev–Trinajstić information content (AvgIpc) is 2.67. The Balaban J connectivity index is 2.01. The Morgan fingerprint density at radius 2 is 1.43 bits per heavy atom. The highest BCUT2D eigenvalue weighted by molar-refractivity contribution is 6.99. The van der Waals surface area contributed by atoms with Gasteiger partial charge in [-0.1, -0.05) is 81.4 Å². The van der Waals surface area contributed by atoms with Gasteiger partial charge >= 0.3 is 5.69 Å². The van der Waals surface area contributed by atoms with Crippen LogP contribution in [-0.2, 0) is 10.8 Å². The summed E-state index contributed by atoms with van der Waals surface area (Å²) in [5.41, 5.74) is -0.353. The second kappa shape index (κ2) is 8.12. The first-order chi connectivity index (χ1) is 13.3. The van der Waals surface area contributed by atoms with Gasteiger partial charge in [0.1, 0.15) is 0 Å². The summed E-state index contributed by atoms with van der Waals surface area (Å²) in [5.74, 6) is 0. The highest BCUT2D eigenvalue weighted by atomic mass is 28.4. The summed E-state index contributed by atoms with van der Waals surface area (Å²) in [6.07, 6.45) is 1.90. The molecule has 2 aromatic carbocycles. The Bertz CT molecular complexity index is 982. The van der Waals surface area contributed by atoms with Crippen LogP contribution in [-0.4, -0.2) is 24.9 Å². The van der Waals surface area contributed by atoms with Crippen LogP contribution < -0.4 is 21.6 Å².